The topological polar surface area (TPSA) is 72.4 Å². The van der Waals surface area contributed by atoms with Gasteiger partial charge in [-0.05, 0) is 49.9 Å². The number of hydrogen-bond donors (Lipinski definition) is 0. The van der Waals surface area contributed by atoms with Crippen molar-refractivity contribution in [3.8, 4) is 0 Å². The summed E-state index contributed by atoms with van der Waals surface area (Å²) in [7, 11) is 0. The second kappa shape index (κ2) is 9.96. The van der Waals surface area contributed by atoms with E-state index in [1.165, 1.54) is 18.3 Å². The molecule has 35 heavy (non-hydrogen) atoms. The number of ether oxygens (including phenoxy) is 1. The molecule has 0 bridgehead atoms. The number of esters is 1. The van der Waals surface area contributed by atoms with Crippen molar-refractivity contribution in [1.82, 2.24) is 9.97 Å². The van der Waals surface area contributed by atoms with Crippen molar-refractivity contribution in [2.45, 2.75) is 54.1 Å². The van der Waals surface area contributed by atoms with Gasteiger partial charge in [-0.2, -0.15) is 0 Å². The van der Waals surface area contributed by atoms with Crippen molar-refractivity contribution < 1.29 is 14.3 Å². The normalized spacial score (nSPS) is 11.2. The number of para-hydroxylation sites is 1. The molecule has 0 aliphatic carbocycles. The van der Waals surface area contributed by atoms with Crippen LogP contribution in [0.3, 0.4) is 0 Å². The van der Waals surface area contributed by atoms with E-state index in [1.807, 2.05) is 70.3 Å². The molecule has 0 aliphatic heterocycles. The molecular formula is C28H29N3O3S. The average Bonchev–Trinajstić information content (AvgIpc) is 3.27. The number of aromatic nitrogens is 2. The first-order chi connectivity index (χ1) is 16.7. The minimum Gasteiger partial charge on any atom is -0.456 e. The first-order valence-corrected chi connectivity index (χ1v) is 12.4. The summed E-state index contributed by atoms with van der Waals surface area (Å²) in [6.45, 7) is 11.6. The number of thiazole rings is 1. The molecule has 0 saturated carbocycles. The molecule has 0 spiro atoms. The number of carbonyl (C=O) groups is 2. The van der Waals surface area contributed by atoms with Gasteiger partial charge in [-0.3, -0.25) is 14.7 Å². The molecule has 0 N–H and O–H groups in total. The Bertz CT molecular complexity index is 1400. The molecule has 1 amide bonds. The zero-order valence-electron chi connectivity index (χ0n) is 20.9. The van der Waals surface area contributed by atoms with Gasteiger partial charge in [0.2, 0.25) is 5.91 Å². The largest absolute Gasteiger partial charge is 0.456 e. The van der Waals surface area contributed by atoms with Gasteiger partial charge in [0, 0.05) is 23.4 Å². The van der Waals surface area contributed by atoms with Gasteiger partial charge in [-0.15, -0.1) is 11.3 Å². The van der Waals surface area contributed by atoms with Gasteiger partial charge < -0.3 is 4.74 Å². The lowest BCUT2D eigenvalue weighted by atomic mass is 10.0. The zero-order chi connectivity index (χ0) is 25.3. The maximum Gasteiger partial charge on any atom is 0.339 e. The summed E-state index contributed by atoms with van der Waals surface area (Å²) < 4.78 is 5.65. The molecule has 0 unspecified atom stereocenters. The summed E-state index contributed by atoms with van der Waals surface area (Å²) in [6, 6.07) is 13.5. The van der Waals surface area contributed by atoms with Crippen molar-refractivity contribution in [2.75, 3.05) is 4.90 Å². The standard InChI is InChI=1S/C28H29N3O3S/c1-16(2)25-13-23(22-9-7-8-10-24(22)30-25)27(33)34-14-21-15-35-28(29-21)31(20(6)32)26-18(4)11-17(3)12-19(26)5/h7-13,15-16H,14H2,1-6H3. The maximum atomic E-state index is 13.1. The minimum atomic E-state index is -0.423. The highest BCUT2D eigenvalue weighted by atomic mass is 32.1. The predicted molar refractivity (Wildman–Crippen MR) is 141 cm³/mol. The molecule has 0 fully saturated rings. The molecule has 180 valence electrons. The van der Waals surface area contributed by atoms with Crippen LogP contribution < -0.4 is 4.90 Å². The van der Waals surface area contributed by atoms with E-state index >= 15 is 0 Å². The van der Waals surface area contributed by atoms with Gasteiger partial charge in [0.15, 0.2) is 5.13 Å². The van der Waals surface area contributed by atoms with E-state index in [-0.39, 0.29) is 18.4 Å². The number of rotatable bonds is 6. The van der Waals surface area contributed by atoms with E-state index in [2.05, 4.69) is 22.1 Å². The molecule has 2 aromatic heterocycles. The number of carbonyl (C=O) groups excluding carboxylic acids is 2. The summed E-state index contributed by atoms with van der Waals surface area (Å²) in [5.41, 5.74) is 6.68. The van der Waals surface area contributed by atoms with E-state index in [0.717, 1.165) is 39.0 Å². The Balaban J connectivity index is 1.58. The van der Waals surface area contributed by atoms with Crippen LogP contribution in [0.4, 0.5) is 10.8 Å². The van der Waals surface area contributed by atoms with Crippen molar-refractivity contribution in [2.24, 2.45) is 0 Å². The van der Waals surface area contributed by atoms with Crippen LogP contribution in [0.2, 0.25) is 0 Å². The SMILES string of the molecule is CC(=O)N(c1nc(COC(=O)c2cc(C(C)C)nc3ccccc23)cs1)c1c(C)cc(C)cc1C. The van der Waals surface area contributed by atoms with Crippen molar-refractivity contribution in [3.05, 3.63) is 81.5 Å². The molecule has 0 radical (unpaired) electrons. The van der Waals surface area contributed by atoms with Gasteiger partial charge in [0.05, 0.1) is 22.5 Å². The summed E-state index contributed by atoms with van der Waals surface area (Å²) in [5, 5.41) is 3.13. The highest BCUT2D eigenvalue weighted by Crippen LogP contribution is 2.34. The summed E-state index contributed by atoms with van der Waals surface area (Å²) >= 11 is 1.35. The Morgan fingerprint density at radius 1 is 1.03 bits per heavy atom. The van der Waals surface area contributed by atoms with Crippen molar-refractivity contribution in [3.63, 3.8) is 0 Å². The molecule has 7 heteroatoms. The molecule has 6 nitrogen and oxygen atoms in total. The van der Waals surface area contributed by atoms with Crippen LogP contribution in [0.1, 0.15) is 65.1 Å². The third-order valence-corrected chi connectivity index (χ3v) is 6.68. The Morgan fingerprint density at radius 2 is 1.71 bits per heavy atom. The van der Waals surface area contributed by atoms with Gasteiger partial charge in [0.1, 0.15) is 6.61 Å². The van der Waals surface area contributed by atoms with Crippen LogP contribution in [0.5, 0.6) is 0 Å². The molecule has 4 rings (SSSR count). The average molecular weight is 488 g/mol. The number of amides is 1. The molecule has 2 aromatic carbocycles. The second-order valence-electron chi connectivity index (χ2n) is 9.07. The van der Waals surface area contributed by atoms with Gasteiger partial charge in [-0.1, -0.05) is 49.7 Å². The molecule has 2 heterocycles. The number of anilines is 2. The first-order valence-electron chi connectivity index (χ1n) is 11.6. The highest BCUT2D eigenvalue weighted by Gasteiger charge is 2.22. The monoisotopic (exact) mass is 487 g/mol. The number of pyridine rings is 1. The number of hydrogen-bond acceptors (Lipinski definition) is 6. The van der Waals surface area contributed by atoms with Crippen molar-refractivity contribution >= 4 is 44.9 Å². The van der Waals surface area contributed by atoms with Gasteiger partial charge >= 0.3 is 5.97 Å². The van der Waals surface area contributed by atoms with Crippen LogP contribution in [-0.4, -0.2) is 21.8 Å². The second-order valence-corrected chi connectivity index (χ2v) is 9.90. The molecular weight excluding hydrogens is 458 g/mol. The Labute approximate surface area is 209 Å². The van der Waals surface area contributed by atoms with Crippen LogP contribution in [0.15, 0.2) is 47.8 Å². The van der Waals surface area contributed by atoms with Crippen molar-refractivity contribution in [1.29, 1.82) is 0 Å². The number of nitrogens with zero attached hydrogens (tertiary/aromatic N) is 3. The summed E-state index contributed by atoms with van der Waals surface area (Å²) in [5.74, 6) is -0.366. The molecule has 0 aliphatic rings. The van der Waals surface area contributed by atoms with Crippen LogP contribution >= 0.6 is 11.3 Å². The van der Waals surface area contributed by atoms with Gasteiger partial charge in [0.25, 0.3) is 0 Å². The predicted octanol–water partition coefficient (Wildman–Crippen LogP) is 6.78. The Morgan fingerprint density at radius 3 is 2.37 bits per heavy atom. The number of benzene rings is 2. The lowest BCUT2D eigenvalue weighted by Crippen LogP contribution is -2.24. The Hall–Kier alpha value is -3.58. The minimum absolute atomic E-state index is 0.0145. The van der Waals surface area contributed by atoms with Crippen LogP contribution in [-0.2, 0) is 16.1 Å². The first kappa shape index (κ1) is 24.5. The fourth-order valence-corrected chi connectivity index (χ4v) is 5.11. The Kier molecular flexibility index (Phi) is 6.98. The number of aryl methyl sites for hydroxylation is 3. The third-order valence-electron chi connectivity index (χ3n) is 5.80. The van der Waals surface area contributed by atoms with E-state index in [1.54, 1.807) is 4.90 Å². The van der Waals surface area contributed by atoms with Crippen LogP contribution in [0.25, 0.3) is 10.9 Å². The van der Waals surface area contributed by atoms with E-state index < -0.39 is 5.97 Å². The molecule has 0 atom stereocenters. The number of fused-ring (bicyclic) bond motifs is 1. The highest BCUT2D eigenvalue weighted by molar-refractivity contribution is 7.14. The summed E-state index contributed by atoms with van der Waals surface area (Å²) in [6.07, 6.45) is 0. The fraction of sp³-hybridized carbons (Fsp3) is 0.286. The summed E-state index contributed by atoms with van der Waals surface area (Å²) in [4.78, 5) is 36.6. The lowest BCUT2D eigenvalue weighted by molar-refractivity contribution is -0.115. The van der Waals surface area contributed by atoms with E-state index in [0.29, 0.717) is 16.4 Å². The fourth-order valence-electron chi connectivity index (χ4n) is 4.26. The van der Waals surface area contributed by atoms with E-state index in [9.17, 15) is 9.59 Å². The van der Waals surface area contributed by atoms with Gasteiger partial charge in [-0.25, -0.2) is 9.78 Å². The maximum absolute atomic E-state index is 13.1. The lowest BCUT2D eigenvalue weighted by Gasteiger charge is -2.23. The zero-order valence-corrected chi connectivity index (χ0v) is 21.7. The quantitative estimate of drug-likeness (QED) is 0.280. The van der Waals surface area contributed by atoms with Crippen LogP contribution in [0, 0.1) is 20.8 Å². The molecule has 0 saturated heterocycles. The molecule has 4 aromatic rings. The van der Waals surface area contributed by atoms with E-state index in [4.69, 9.17) is 4.74 Å². The third kappa shape index (κ3) is 5.10. The smallest absolute Gasteiger partial charge is 0.339 e.